The molecule has 0 unspecified atom stereocenters. The van der Waals surface area contributed by atoms with Gasteiger partial charge >= 0.3 is 11.9 Å². The Kier molecular flexibility index (Phi) is 8.95. The SMILES string of the molecule is C=C(C)C(=O)OCCOc1ccc(-c2ccc(OCCOC(=O)C(=C)C)c(F)c2F)cc1. The van der Waals surface area contributed by atoms with Crippen LogP contribution in [0.4, 0.5) is 8.78 Å². The first kappa shape index (κ1) is 24.6. The molecule has 170 valence electrons. The largest absolute Gasteiger partial charge is 0.490 e. The van der Waals surface area contributed by atoms with Crippen molar-refractivity contribution in [1.82, 2.24) is 0 Å². The summed E-state index contributed by atoms with van der Waals surface area (Å²) in [5, 5.41) is 0. The average Bonchev–Trinajstić information content (AvgIpc) is 2.77. The highest BCUT2D eigenvalue weighted by Gasteiger charge is 2.16. The van der Waals surface area contributed by atoms with E-state index < -0.39 is 23.6 Å². The zero-order chi connectivity index (χ0) is 23.7. The van der Waals surface area contributed by atoms with Gasteiger partial charge in [-0.05, 0) is 43.7 Å². The van der Waals surface area contributed by atoms with E-state index in [0.29, 0.717) is 16.9 Å². The number of ether oxygens (including phenoxy) is 4. The lowest BCUT2D eigenvalue weighted by Gasteiger charge is -2.12. The highest BCUT2D eigenvalue weighted by atomic mass is 19.2. The van der Waals surface area contributed by atoms with Gasteiger partial charge in [-0.15, -0.1) is 0 Å². The van der Waals surface area contributed by atoms with Crippen molar-refractivity contribution in [3.8, 4) is 22.6 Å². The third-order valence-electron chi connectivity index (χ3n) is 4.07. The van der Waals surface area contributed by atoms with Crippen molar-refractivity contribution < 1.29 is 37.3 Å². The number of esters is 2. The molecule has 0 bridgehead atoms. The molecule has 0 radical (unpaired) electrons. The smallest absolute Gasteiger partial charge is 0.333 e. The van der Waals surface area contributed by atoms with E-state index in [-0.39, 0.29) is 43.3 Å². The first-order valence-electron chi connectivity index (χ1n) is 9.70. The molecule has 2 aromatic rings. The molecule has 2 aromatic carbocycles. The maximum atomic E-state index is 14.5. The van der Waals surface area contributed by atoms with Gasteiger partial charge in [0.1, 0.15) is 32.2 Å². The molecule has 8 heteroatoms. The topological polar surface area (TPSA) is 71.1 Å². The third kappa shape index (κ3) is 6.94. The second-order valence-corrected chi connectivity index (χ2v) is 6.79. The molecule has 0 spiro atoms. The Balaban J connectivity index is 1.93. The predicted molar refractivity (Wildman–Crippen MR) is 114 cm³/mol. The molecule has 6 nitrogen and oxygen atoms in total. The summed E-state index contributed by atoms with van der Waals surface area (Å²) in [5.41, 5.74) is 1.01. The molecule has 0 heterocycles. The lowest BCUT2D eigenvalue weighted by atomic mass is 10.0. The van der Waals surface area contributed by atoms with Crippen molar-refractivity contribution in [2.24, 2.45) is 0 Å². The summed E-state index contributed by atoms with van der Waals surface area (Å²) in [5.74, 6) is -3.11. The van der Waals surface area contributed by atoms with Crippen molar-refractivity contribution in [1.29, 1.82) is 0 Å². The first-order chi connectivity index (χ1) is 15.2. The zero-order valence-electron chi connectivity index (χ0n) is 17.9. The van der Waals surface area contributed by atoms with Gasteiger partial charge in [0, 0.05) is 16.7 Å². The van der Waals surface area contributed by atoms with Crippen molar-refractivity contribution in [2.75, 3.05) is 26.4 Å². The maximum absolute atomic E-state index is 14.5. The van der Waals surface area contributed by atoms with E-state index >= 15 is 0 Å². The fourth-order valence-corrected chi connectivity index (χ4v) is 2.42. The number of rotatable bonds is 11. The van der Waals surface area contributed by atoms with Gasteiger partial charge < -0.3 is 18.9 Å². The van der Waals surface area contributed by atoms with Gasteiger partial charge in [0.05, 0.1) is 0 Å². The molecule has 0 aliphatic carbocycles. The number of benzene rings is 2. The molecule has 0 aliphatic rings. The highest BCUT2D eigenvalue weighted by Crippen LogP contribution is 2.30. The Bertz CT molecular complexity index is 998. The second-order valence-electron chi connectivity index (χ2n) is 6.79. The van der Waals surface area contributed by atoms with E-state index in [1.807, 2.05) is 0 Å². The lowest BCUT2D eigenvalue weighted by Crippen LogP contribution is -2.13. The summed E-state index contributed by atoms with van der Waals surface area (Å²) in [6.07, 6.45) is 0. The van der Waals surface area contributed by atoms with E-state index in [0.717, 1.165) is 0 Å². The van der Waals surface area contributed by atoms with Crippen LogP contribution in [0.15, 0.2) is 60.7 Å². The van der Waals surface area contributed by atoms with Gasteiger partial charge in [-0.2, -0.15) is 4.39 Å². The van der Waals surface area contributed by atoms with Gasteiger partial charge in [0.15, 0.2) is 11.6 Å². The minimum absolute atomic E-state index is 0.0468. The third-order valence-corrected chi connectivity index (χ3v) is 4.07. The van der Waals surface area contributed by atoms with E-state index in [2.05, 4.69) is 13.2 Å². The molecule has 0 saturated carbocycles. The van der Waals surface area contributed by atoms with Gasteiger partial charge in [-0.25, -0.2) is 14.0 Å². The van der Waals surface area contributed by atoms with Crippen LogP contribution in [-0.4, -0.2) is 38.4 Å². The van der Waals surface area contributed by atoms with Crippen LogP contribution in [0, 0.1) is 11.6 Å². The van der Waals surface area contributed by atoms with Crippen LogP contribution in [0.5, 0.6) is 11.5 Å². The standard InChI is InChI=1S/C24H24F2O6/c1-15(2)23(27)31-13-11-29-18-7-5-17(6-8-18)19-9-10-20(22(26)21(19)25)30-12-14-32-24(28)16(3)4/h5-10H,1,3,11-14H2,2,4H3. The molecule has 0 aliphatic heterocycles. The molecule has 32 heavy (non-hydrogen) atoms. The Labute approximate surface area is 185 Å². The highest BCUT2D eigenvalue weighted by molar-refractivity contribution is 5.87. The second kappa shape index (κ2) is 11.6. The van der Waals surface area contributed by atoms with Crippen LogP contribution in [0.2, 0.25) is 0 Å². The van der Waals surface area contributed by atoms with Crippen LogP contribution in [0.25, 0.3) is 11.1 Å². The van der Waals surface area contributed by atoms with Crippen molar-refractivity contribution in [2.45, 2.75) is 13.8 Å². The lowest BCUT2D eigenvalue weighted by molar-refractivity contribution is -0.140. The Morgan fingerprint density at radius 2 is 1.28 bits per heavy atom. The van der Waals surface area contributed by atoms with E-state index in [9.17, 15) is 18.4 Å². The summed E-state index contributed by atoms with van der Waals surface area (Å²) in [6, 6.07) is 9.02. The molecular weight excluding hydrogens is 422 g/mol. The normalized spacial score (nSPS) is 10.2. The Morgan fingerprint density at radius 1 is 0.750 bits per heavy atom. The Morgan fingerprint density at radius 3 is 1.81 bits per heavy atom. The summed E-state index contributed by atoms with van der Waals surface area (Å²) in [7, 11) is 0. The van der Waals surface area contributed by atoms with Gasteiger partial charge in [-0.1, -0.05) is 25.3 Å². The monoisotopic (exact) mass is 446 g/mol. The van der Waals surface area contributed by atoms with Crippen LogP contribution in [-0.2, 0) is 19.1 Å². The van der Waals surface area contributed by atoms with Crippen LogP contribution >= 0.6 is 0 Å². The van der Waals surface area contributed by atoms with Crippen LogP contribution in [0.1, 0.15) is 13.8 Å². The molecule has 0 N–H and O–H groups in total. The quantitative estimate of drug-likeness (QED) is 0.285. The van der Waals surface area contributed by atoms with Crippen molar-refractivity contribution in [3.63, 3.8) is 0 Å². The number of hydrogen-bond donors (Lipinski definition) is 0. The fourth-order valence-electron chi connectivity index (χ4n) is 2.42. The van der Waals surface area contributed by atoms with E-state index in [1.54, 1.807) is 31.2 Å². The van der Waals surface area contributed by atoms with Crippen molar-refractivity contribution >= 4 is 11.9 Å². The molecule has 0 fully saturated rings. The fraction of sp³-hybridized carbons (Fsp3) is 0.250. The molecular formula is C24H24F2O6. The minimum Gasteiger partial charge on any atom is -0.490 e. The van der Waals surface area contributed by atoms with Crippen LogP contribution < -0.4 is 9.47 Å². The maximum Gasteiger partial charge on any atom is 0.333 e. The van der Waals surface area contributed by atoms with Gasteiger partial charge in [-0.3, -0.25) is 0 Å². The number of hydrogen-bond acceptors (Lipinski definition) is 6. The van der Waals surface area contributed by atoms with Crippen molar-refractivity contribution in [3.05, 3.63) is 72.3 Å². The minimum atomic E-state index is -1.15. The number of halogens is 2. The molecule has 0 amide bonds. The summed E-state index contributed by atoms with van der Waals surface area (Å²) >= 11 is 0. The number of carbonyl (C=O) groups is 2. The average molecular weight is 446 g/mol. The van der Waals surface area contributed by atoms with Gasteiger partial charge in [0.2, 0.25) is 5.82 Å². The zero-order valence-corrected chi connectivity index (χ0v) is 17.9. The first-order valence-corrected chi connectivity index (χ1v) is 9.70. The molecule has 0 saturated heterocycles. The predicted octanol–water partition coefficient (Wildman–Crippen LogP) is 4.63. The van der Waals surface area contributed by atoms with E-state index in [4.69, 9.17) is 18.9 Å². The van der Waals surface area contributed by atoms with E-state index in [1.165, 1.54) is 19.1 Å². The van der Waals surface area contributed by atoms with Gasteiger partial charge in [0.25, 0.3) is 0 Å². The summed E-state index contributed by atoms with van der Waals surface area (Å²) in [6.45, 7) is 9.89. The van der Waals surface area contributed by atoms with Crippen LogP contribution in [0.3, 0.4) is 0 Å². The summed E-state index contributed by atoms with van der Waals surface area (Å²) < 4.78 is 49.3. The molecule has 2 rings (SSSR count). The molecule has 0 atom stereocenters. The summed E-state index contributed by atoms with van der Waals surface area (Å²) in [4.78, 5) is 22.6. The Hall–Kier alpha value is -3.68. The number of carbonyl (C=O) groups excluding carboxylic acids is 2. The molecule has 0 aromatic heterocycles.